The number of carbonyl (C=O) groups is 3. The fraction of sp³-hybridized carbons (Fsp3) is 0.250. The Morgan fingerprint density at radius 1 is 0.897 bits per heavy atom. The van der Waals surface area contributed by atoms with E-state index in [4.69, 9.17) is 0 Å². The zero-order valence-electron chi connectivity index (χ0n) is 15.2. The van der Waals surface area contributed by atoms with E-state index in [-0.39, 0.29) is 28.6 Å². The van der Waals surface area contributed by atoms with E-state index in [0.717, 1.165) is 12.8 Å². The standard InChI is InChI=1S/C20H18F3N3O3/c21-20(22,23)11-24-19(29)15-3-1-2-4-16(15)26-18(28)13-7-9-14(10-8-13)25-17(27)12-5-6-12/h1-4,7-10,12H,5-6,11H2,(H,24,29)(H,25,27)(H,26,28). The molecule has 1 fully saturated rings. The molecule has 1 aliphatic rings. The smallest absolute Gasteiger partial charge is 0.343 e. The molecule has 0 aliphatic heterocycles. The minimum Gasteiger partial charge on any atom is -0.343 e. The summed E-state index contributed by atoms with van der Waals surface area (Å²) in [7, 11) is 0. The summed E-state index contributed by atoms with van der Waals surface area (Å²) in [4.78, 5) is 36.2. The predicted octanol–water partition coefficient (Wildman–Crippen LogP) is 3.58. The maximum absolute atomic E-state index is 12.4. The van der Waals surface area contributed by atoms with Gasteiger partial charge in [0, 0.05) is 17.2 Å². The third-order valence-electron chi connectivity index (χ3n) is 4.23. The molecule has 0 unspecified atom stereocenters. The van der Waals surface area contributed by atoms with Crippen molar-refractivity contribution in [3.05, 3.63) is 59.7 Å². The van der Waals surface area contributed by atoms with Crippen LogP contribution in [0.3, 0.4) is 0 Å². The van der Waals surface area contributed by atoms with Crippen LogP contribution in [0.1, 0.15) is 33.6 Å². The number of hydrogen-bond donors (Lipinski definition) is 3. The molecule has 0 heterocycles. The van der Waals surface area contributed by atoms with Crippen molar-refractivity contribution in [2.45, 2.75) is 19.0 Å². The van der Waals surface area contributed by atoms with Crippen molar-refractivity contribution in [1.29, 1.82) is 0 Å². The van der Waals surface area contributed by atoms with Crippen LogP contribution in [0, 0.1) is 5.92 Å². The van der Waals surface area contributed by atoms with E-state index >= 15 is 0 Å². The molecule has 0 radical (unpaired) electrons. The largest absolute Gasteiger partial charge is 0.405 e. The lowest BCUT2D eigenvalue weighted by Crippen LogP contribution is -2.34. The van der Waals surface area contributed by atoms with Crippen LogP contribution >= 0.6 is 0 Å². The van der Waals surface area contributed by atoms with Gasteiger partial charge in [0.2, 0.25) is 5.91 Å². The number of amides is 3. The van der Waals surface area contributed by atoms with Gasteiger partial charge in [0.25, 0.3) is 11.8 Å². The van der Waals surface area contributed by atoms with Gasteiger partial charge in [-0.1, -0.05) is 12.1 Å². The fourth-order valence-corrected chi connectivity index (χ4v) is 2.56. The van der Waals surface area contributed by atoms with Crippen LogP contribution in [0.4, 0.5) is 24.5 Å². The summed E-state index contributed by atoms with van der Waals surface area (Å²) in [6.07, 6.45) is -2.78. The number of benzene rings is 2. The molecule has 6 nitrogen and oxygen atoms in total. The molecule has 1 aliphatic carbocycles. The van der Waals surface area contributed by atoms with Crippen LogP contribution in [0.25, 0.3) is 0 Å². The Balaban J connectivity index is 1.65. The van der Waals surface area contributed by atoms with Gasteiger partial charge >= 0.3 is 6.18 Å². The highest BCUT2D eigenvalue weighted by molar-refractivity contribution is 6.09. The van der Waals surface area contributed by atoms with E-state index < -0.39 is 24.5 Å². The maximum atomic E-state index is 12.4. The maximum Gasteiger partial charge on any atom is 0.405 e. The quantitative estimate of drug-likeness (QED) is 0.687. The molecule has 0 bridgehead atoms. The van der Waals surface area contributed by atoms with Crippen LogP contribution < -0.4 is 16.0 Å². The summed E-state index contributed by atoms with van der Waals surface area (Å²) in [5.74, 6) is -1.49. The molecule has 2 aromatic carbocycles. The highest BCUT2D eigenvalue weighted by Crippen LogP contribution is 2.30. The van der Waals surface area contributed by atoms with Crippen molar-refractivity contribution in [1.82, 2.24) is 5.32 Å². The monoisotopic (exact) mass is 405 g/mol. The highest BCUT2D eigenvalue weighted by Gasteiger charge is 2.30. The van der Waals surface area contributed by atoms with E-state index in [1.165, 1.54) is 30.3 Å². The van der Waals surface area contributed by atoms with Crippen molar-refractivity contribution in [2.24, 2.45) is 5.92 Å². The fourth-order valence-electron chi connectivity index (χ4n) is 2.56. The van der Waals surface area contributed by atoms with E-state index in [1.807, 2.05) is 0 Å². The summed E-state index contributed by atoms with van der Waals surface area (Å²) in [5.41, 5.74) is 0.826. The first-order valence-electron chi connectivity index (χ1n) is 8.89. The molecule has 1 saturated carbocycles. The second kappa shape index (κ2) is 8.34. The summed E-state index contributed by atoms with van der Waals surface area (Å²) in [6.45, 7) is -1.47. The Hall–Kier alpha value is -3.36. The number of anilines is 2. The summed E-state index contributed by atoms with van der Waals surface area (Å²) in [5, 5.41) is 7.06. The Labute approximate surface area is 164 Å². The van der Waals surface area contributed by atoms with Gasteiger partial charge in [-0.3, -0.25) is 14.4 Å². The zero-order valence-corrected chi connectivity index (χ0v) is 15.2. The summed E-state index contributed by atoms with van der Waals surface area (Å²) >= 11 is 0. The first-order chi connectivity index (χ1) is 13.7. The van der Waals surface area contributed by atoms with Crippen molar-refractivity contribution >= 4 is 29.1 Å². The topological polar surface area (TPSA) is 87.3 Å². The molecular formula is C20H18F3N3O3. The van der Waals surface area contributed by atoms with Gasteiger partial charge in [-0.2, -0.15) is 13.2 Å². The van der Waals surface area contributed by atoms with E-state index in [9.17, 15) is 27.6 Å². The normalized spacial score (nSPS) is 13.5. The summed E-state index contributed by atoms with van der Waals surface area (Å²) in [6, 6.07) is 11.9. The van der Waals surface area contributed by atoms with Gasteiger partial charge in [-0.25, -0.2) is 0 Å². The lowest BCUT2D eigenvalue weighted by Gasteiger charge is -2.13. The number of nitrogens with one attached hydrogen (secondary N) is 3. The molecule has 9 heteroatoms. The molecule has 0 spiro atoms. The lowest BCUT2D eigenvalue weighted by atomic mass is 10.1. The van der Waals surface area contributed by atoms with Gasteiger partial charge in [0.15, 0.2) is 0 Å². The van der Waals surface area contributed by atoms with Crippen LogP contribution in [-0.4, -0.2) is 30.4 Å². The zero-order chi connectivity index (χ0) is 21.0. The average molecular weight is 405 g/mol. The molecule has 3 rings (SSSR count). The Morgan fingerprint density at radius 3 is 2.17 bits per heavy atom. The van der Waals surface area contributed by atoms with Crippen LogP contribution in [0.15, 0.2) is 48.5 Å². The predicted molar refractivity (Wildman–Crippen MR) is 101 cm³/mol. The Bertz CT molecular complexity index is 923. The van der Waals surface area contributed by atoms with Crippen LogP contribution in [-0.2, 0) is 4.79 Å². The van der Waals surface area contributed by atoms with Gasteiger partial charge < -0.3 is 16.0 Å². The van der Waals surface area contributed by atoms with Crippen molar-refractivity contribution in [3.8, 4) is 0 Å². The molecule has 152 valence electrons. The molecular weight excluding hydrogens is 387 g/mol. The second-order valence-corrected chi connectivity index (χ2v) is 6.64. The SMILES string of the molecule is O=C(Nc1ccccc1C(=O)NCC(F)(F)F)c1ccc(NC(=O)C2CC2)cc1. The van der Waals surface area contributed by atoms with Crippen LogP contribution in [0.5, 0.6) is 0 Å². The molecule has 2 aromatic rings. The van der Waals surface area contributed by atoms with Gasteiger partial charge in [0.05, 0.1) is 11.3 Å². The van der Waals surface area contributed by atoms with Gasteiger partial charge in [0.1, 0.15) is 6.54 Å². The third kappa shape index (κ3) is 5.81. The van der Waals surface area contributed by atoms with E-state index in [2.05, 4.69) is 10.6 Å². The molecule has 3 N–H and O–H groups in total. The highest BCUT2D eigenvalue weighted by atomic mass is 19.4. The molecule has 29 heavy (non-hydrogen) atoms. The number of alkyl halides is 3. The third-order valence-corrected chi connectivity index (χ3v) is 4.23. The molecule has 0 saturated heterocycles. The minimum atomic E-state index is -4.54. The first kappa shape index (κ1) is 20.4. The molecule has 3 amide bonds. The second-order valence-electron chi connectivity index (χ2n) is 6.64. The number of para-hydroxylation sites is 1. The van der Waals surface area contributed by atoms with Crippen molar-refractivity contribution in [2.75, 3.05) is 17.2 Å². The average Bonchev–Trinajstić information content (AvgIpc) is 3.52. The van der Waals surface area contributed by atoms with Crippen molar-refractivity contribution in [3.63, 3.8) is 0 Å². The van der Waals surface area contributed by atoms with Gasteiger partial charge in [-0.15, -0.1) is 0 Å². The Kier molecular flexibility index (Phi) is 5.86. The first-order valence-corrected chi connectivity index (χ1v) is 8.89. The number of rotatable bonds is 6. The molecule has 0 aromatic heterocycles. The molecule has 0 atom stereocenters. The van der Waals surface area contributed by atoms with E-state index in [0.29, 0.717) is 5.69 Å². The minimum absolute atomic E-state index is 0.0537. The number of halogens is 3. The van der Waals surface area contributed by atoms with Crippen molar-refractivity contribution < 1.29 is 27.6 Å². The Morgan fingerprint density at radius 2 is 1.55 bits per heavy atom. The van der Waals surface area contributed by atoms with E-state index in [1.54, 1.807) is 23.5 Å². The summed E-state index contributed by atoms with van der Waals surface area (Å²) < 4.78 is 36.9. The number of hydrogen-bond acceptors (Lipinski definition) is 3. The van der Waals surface area contributed by atoms with Gasteiger partial charge in [-0.05, 0) is 49.2 Å². The van der Waals surface area contributed by atoms with Crippen LogP contribution in [0.2, 0.25) is 0 Å². The lowest BCUT2D eigenvalue weighted by molar-refractivity contribution is -0.123. The number of carbonyl (C=O) groups excluding carboxylic acids is 3.